The van der Waals surface area contributed by atoms with E-state index in [0.717, 1.165) is 68.6 Å². The van der Waals surface area contributed by atoms with E-state index in [2.05, 4.69) is 33.0 Å². The maximum Gasteiger partial charge on any atom is 0.318 e. The average molecular weight is 668 g/mol. The number of amides is 4. The molecule has 2 aliphatic rings. The minimum atomic E-state index is -0.809. The van der Waals surface area contributed by atoms with Gasteiger partial charge in [0.2, 0.25) is 11.8 Å². The van der Waals surface area contributed by atoms with Crippen LogP contribution in [-0.2, 0) is 29.2 Å². The van der Waals surface area contributed by atoms with Crippen LogP contribution >= 0.6 is 0 Å². The Labute approximate surface area is 291 Å². The lowest BCUT2D eigenvalue weighted by molar-refractivity contribution is -0.130. The van der Waals surface area contributed by atoms with Gasteiger partial charge in [0, 0.05) is 45.2 Å². The molecule has 3 aromatic carbocycles. The summed E-state index contributed by atoms with van der Waals surface area (Å²) in [7, 11) is 0. The Bertz CT molecular complexity index is 1460. The largest absolute Gasteiger partial charge is 0.489 e. The summed E-state index contributed by atoms with van der Waals surface area (Å²) in [6, 6.07) is 26.2. The summed E-state index contributed by atoms with van der Waals surface area (Å²) in [6.07, 6.45) is 5.79. The molecule has 49 heavy (non-hydrogen) atoms. The van der Waals surface area contributed by atoms with E-state index in [1.807, 2.05) is 91.5 Å². The Balaban J connectivity index is 1.25. The van der Waals surface area contributed by atoms with Crippen LogP contribution < -0.4 is 20.7 Å². The summed E-state index contributed by atoms with van der Waals surface area (Å²) in [6.45, 7) is 8.39. The Hall–Kier alpha value is -4.37. The first-order valence-corrected chi connectivity index (χ1v) is 18.0. The molecule has 0 radical (unpaired) electrons. The molecule has 2 heterocycles. The van der Waals surface area contributed by atoms with E-state index in [9.17, 15) is 14.4 Å². The first-order chi connectivity index (χ1) is 23.8. The summed E-state index contributed by atoms with van der Waals surface area (Å²) in [5.41, 5.74) is 3.23. The zero-order valence-electron chi connectivity index (χ0n) is 29.1. The quantitative estimate of drug-likeness (QED) is 0.205. The molecule has 262 valence electrons. The van der Waals surface area contributed by atoms with Crippen molar-refractivity contribution in [3.8, 4) is 5.75 Å². The van der Waals surface area contributed by atoms with Crippen molar-refractivity contribution in [2.24, 2.45) is 5.92 Å². The smallest absolute Gasteiger partial charge is 0.318 e. The van der Waals surface area contributed by atoms with Gasteiger partial charge in [0.15, 0.2) is 0 Å². The van der Waals surface area contributed by atoms with Crippen LogP contribution in [0.2, 0.25) is 0 Å². The van der Waals surface area contributed by atoms with Crippen LogP contribution in [0.5, 0.6) is 5.75 Å². The third kappa shape index (κ3) is 11.6. The lowest BCUT2D eigenvalue weighted by Gasteiger charge is -2.28. The van der Waals surface area contributed by atoms with Gasteiger partial charge in [-0.2, -0.15) is 0 Å². The molecule has 3 N–H and O–H groups in total. The van der Waals surface area contributed by atoms with E-state index in [1.54, 1.807) is 0 Å². The van der Waals surface area contributed by atoms with E-state index >= 15 is 0 Å². The van der Waals surface area contributed by atoms with Crippen molar-refractivity contribution in [1.29, 1.82) is 0 Å². The Morgan fingerprint density at radius 3 is 2.04 bits per heavy atom. The van der Waals surface area contributed by atoms with E-state index in [-0.39, 0.29) is 29.8 Å². The predicted octanol–water partition coefficient (Wildman–Crippen LogP) is 5.68. The van der Waals surface area contributed by atoms with Crippen molar-refractivity contribution < 1.29 is 19.1 Å². The summed E-state index contributed by atoms with van der Waals surface area (Å²) < 4.78 is 5.97. The molecule has 0 saturated carbocycles. The molecule has 0 aliphatic carbocycles. The van der Waals surface area contributed by atoms with Gasteiger partial charge in [-0.05, 0) is 60.4 Å². The number of hydrogen-bond donors (Lipinski definition) is 3. The van der Waals surface area contributed by atoms with Gasteiger partial charge >= 0.3 is 6.03 Å². The van der Waals surface area contributed by atoms with Gasteiger partial charge in [0.05, 0.1) is 0 Å². The maximum atomic E-state index is 13.9. The lowest BCUT2D eigenvalue weighted by Crippen LogP contribution is -2.57. The highest BCUT2D eigenvalue weighted by atomic mass is 16.5. The summed E-state index contributed by atoms with van der Waals surface area (Å²) in [4.78, 5) is 45.2. The minimum absolute atomic E-state index is 0.0152. The van der Waals surface area contributed by atoms with Crippen LogP contribution in [0.25, 0.3) is 0 Å². The predicted molar refractivity (Wildman–Crippen MR) is 193 cm³/mol. The number of rotatable bonds is 14. The number of carbonyl (C=O) groups is 3. The van der Waals surface area contributed by atoms with Crippen LogP contribution in [0.15, 0.2) is 84.9 Å². The molecule has 9 nitrogen and oxygen atoms in total. The number of hydrogen-bond acceptors (Lipinski definition) is 5. The number of likely N-dealkylation sites (tertiary alicyclic amines) is 2. The van der Waals surface area contributed by atoms with Gasteiger partial charge in [0.25, 0.3) is 0 Å². The van der Waals surface area contributed by atoms with Crippen molar-refractivity contribution in [3.63, 3.8) is 0 Å². The molecule has 3 aromatic rings. The fourth-order valence-electron chi connectivity index (χ4n) is 6.63. The molecule has 0 aromatic heterocycles. The third-order valence-electron chi connectivity index (χ3n) is 9.33. The van der Waals surface area contributed by atoms with Gasteiger partial charge in [-0.25, -0.2) is 4.79 Å². The highest BCUT2D eigenvalue weighted by Gasteiger charge is 2.31. The topological polar surface area (TPSA) is 103 Å². The van der Waals surface area contributed by atoms with Crippen molar-refractivity contribution in [3.05, 3.63) is 102 Å². The van der Waals surface area contributed by atoms with Crippen molar-refractivity contribution in [2.75, 3.05) is 26.2 Å². The van der Waals surface area contributed by atoms with Gasteiger partial charge in [-0.3, -0.25) is 14.5 Å². The molecule has 0 unspecified atom stereocenters. The fourth-order valence-corrected chi connectivity index (χ4v) is 6.63. The van der Waals surface area contributed by atoms with Crippen molar-refractivity contribution >= 4 is 17.8 Å². The Morgan fingerprint density at radius 2 is 1.39 bits per heavy atom. The van der Waals surface area contributed by atoms with Gasteiger partial charge in [0.1, 0.15) is 24.4 Å². The SMILES string of the molecule is CC(C)C[C@H](NC(=O)N1CCCCCC1)C(=O)N[C@@H](Cc1ccc(OCc2ccccc2)cc1)C(=O)N[C@H]1CCN(Cc2ccccc2)C1. The number of nitrogens with one attached hydrogen (secondary N) is 3. The molecule has 0 spiro atoms. The zero-order chi connectivity index (χ0) is 34.4. The van der Waals surface area contributed by atoms with Crippen LogP contribution in [-0.4, -0.2) is 71.9 Å². The van der Waals surface area contributed by atoms with Gasteiger partial charge < -0.3 is 25.6 Å². The number of nitrogens with zero attached hydrogens (tertiary/aromatic N) is 2. The zero-order valence-corrected chi connectivity index (χ0v) is 29.1. The van der Waals surface area contributed by atoms with Gasteiger partial charge in [-0.15, -0.1) is 0 Å². The number of ether oxygens (including phenoxy) is 1. The first kappa shape index (κ1) is 35.9. The molecular formula is C40H53N5O4. The maximum absolute atomic E-state index is 13.9. The summed E-state index contributed by atoms with van der Waals surface area (Å²) in [5.74, 6) is 0.351. The second-order valence-corrected chi connectivity index (χ2v) is 13.9. The molecule has 4 amide bonds. The molecular weight excluding hydrogens is 614 g/mol. The van der Waals surface area contributed by atoms with Gasteiger partial charge in [-0.1, -0.05) is 99.5 Å². The summed E-state index contributed by atoms with van der Waals surface area (Å²) >= 11 is 0. The molecule has 2 fully saturated rings. The number of benzene rings is 3. The number of carbonyl (C=O) groups excluding carboxylic acids is 3. The van der Waals surface area contributed by atoms with E-state index < -0.39 is 12.1 Å². The monoisotopic (exact) mass is 667 g/mol. The van der Waals surface area contributed by atoms with Crippen molar-refractivity contribution in [2.45, 2.75) is 90.1 Å². The molecule has 3 atom stereocenters. The number of urea groups is 1. The highest BCUT2D eigenvalue weighted by Crippen LogP contribution is 2.18. The standard InChI is InChI=1S/C40H53N5O4/c1-30(2)25-36(43-40(48)45-22-11-3-4-12-23-45)39(47)42-37(26-31-17-19-35(20-18-31)49-29-33-15-9-6-10-16-33)38(46)41-34-21-24-44(28-34)27-32-13-7-5-8-14-32/h5-10,13-20,30,34,36-37H,3-4,11-12,21-29H2,1-2H3,(H,41,46)(H,42,47)(H,43,48)/t34-,36-,37-/m0/s1. The Morgan fingerprint density at radius 1 is 0.735 bits per heavy atom. The van der Waals surface area contributed by atoms with Crippen LogP contribution in [0.4, 0.5) is 4.79 Å². The fraction of sp³-hybridized carbons (Fsp3) is 0.475. The van der Waals surface area contributed by atoms with E-state index in [0.29, 0.717) is 32.5 Å². The first-order valence-electron chi connectivity index (χ1n) is 18.0. The second-order valence-electron chi connectivity index (χ2n) is 13.9. The molecule has 2 saturated heterocycles. The molecule has 0 bridgehead atoms. The van der Waals surface area contributed by atoms with Crippen molar-refractivity contribution in [1.82, 2.24) is 25.8 Å². The van der Waals surface area contributed by atoms with Crippen LogP contribution in [0, 0.1) is 5.92 Å². The molecule has 9 heteroatoms. The normalized spacial score (nSPS) is 17.9. The van der Waals surface area contributed by atoms with E-state index in [1.165, 1.54) is 5.56 Å². The lowest BCUT2D eigenvalue weighted by atomic mass is 10.0. The second kappa shape index (κ2) is 18.4. The van der Waals surface area contributed by atoms with Crippen LogP contribution in [0.1, 0.15) is 69.1 Å². The highest BCUT2D eigenvalue weighted by molar-refractivity contribution is 5.92. The average Bonchev–Trinajstić information content (AvgIpc) is 3.35. The van der Waals surface area contributed by atoms with Crippen LogP contribution in [0.3, 0.4) is 0 Å². The van der Waals surface area contributed by atoms with E-state index in [4.69, 9.17) is 4.74 Å². The third-order valence-corrected chi connectivity index (χ3v) is 9.33. The summed E-state index contributed by atoms with van der Waals surface area (Å²) in [5, 5.41) is 9.29. The Kier molecular flexibility index (Phi) is 13.5. The molecule has 2 aliphatic heterocycles. The minimum Gasteiger partial charge on any atom is -0.489 e. The molecule has 5 rings (SSSR count).